The van der Waals surface area contributed by atoms with Gasteiger partial charge in [-0.05, 0) is 37.4 Å². The molecule has 0 aromatic carbocycles. The van der Waals surface area contributed by atoms with Crippen molar-refractivity contribution in [1.29, 1.82) is 0 Å². The first-order chi connectivity index (χ1) is 9.32. The van der Waals surface area contributed by atoms with Gasteiger partial charge >= 0.3 is 6.18 Å². The zero-order valence-electron chi connectivity index (χ0n) is 11.2. The van der Waals surface area contributed by atoms with Crippen LogP contribution in [0.1, 0.15) is 31.9 Å². The van der Waals surface area contributed by atoms with Crippen molar-refractivity contribution in [3.05, 3.63) is 24.0 Å². The number of nitrogens with zero attached hydrogens (tertiary/aromatic N) is 1. The van der Waals surface area contributed by atoms with E-state index in [0.717, 1.165) is 18.7 Å². The van der Waals surface area contributed by atoms with Gasteiger partial charge in [0, 0.05) is 6.42 Å². The Labute approximate surface area is 115 Å². The van der Waals surface area contributed by atoms with Crippen LogP contribution in [0.2, 0.25) is 0 Å². The Hall–Kier alpha value is -1.63. The predicted octanol–water partition coefficient (Wildman–Crippen LogP) is 2.80. The van der Waals surface area contributed by atoms with Gasteiger partial charge in [-0.3, -0.25) is 4.79 Å². The van der Waals surface area contributed by atoms with Gasteiger partial charge in [0.05, 0.1) is 11.9 Å². The monoisotopic (exact) mass is 289 g/mol. The van der Waals surface area contributed by atoms with E-state index in [1.807, 2.05) is 6.92 Å². The van der Waals surface area contributed by atoms with Crippen LogP contribution in [-0.2, 0) is 11.0 Å². The number of hydrogen-bond donors (Lipinski definition) is 2. The average Bonchev–Trinajstić information content (AvgIpc) is 2.36. The lowest BCUT2D eigenvalue weighted by atomic mass is 10.0. The summed E-state index contributed by atoms with van der Waals surface area (Å²) in [5.41, 5.74) is 4.69. The fraction of sp³-hybridized carbons (Fsp3) is 0.538. The molecule has 0 bridgehead atoms. The number of hydrogen-bond acceptors (Lipinski definition) is 3. The lowest BCUT2D eigenvalue weighted by Gasteiger charge is -2.10. The number of nitrogens with one attached hydrogen (secondary N) is 1. The standard InChI is InChI=1S/C13H18F3N3O/c1-9(6-7-17)2-5-12(20)19-10-3-4-11(18-8-10)13(14,15)16/h3-4,8-9H,2,5-7,17H2,1H3,(H,19,20). The quantitative estimate of drug-likeness (QED) is 0.846. The van der Waals surface area contributed by atoms with E-state index >= 15 is 0 Å². The SMILES string of the molecule is CC(CCN)CCC(=O)Nc1ccc(C(F)(F)F)nc1. The molecule has 0 radical (unpaired) electrons. The summed E-state index contributed by atoms with van der Waals surface area (Å²) in [6, 6.07) is 2.03. The summed E-state index contributed by atoms with van der Waals surface area (Å²) >= 11 is 0. The first-order valence-corrected chi connectivity index (χ1v) is 6.36. The minimum atomic E-state index is -4.47. The van der Waals surface area contributed by atoms with Gasteiger partial charge in [-0.25, -0.2) is 4.98 Å². The Bertz CT molecular complexity index is 431. The third-order valence-electron chi connectivity index (χ3n) is 2.86. The minimum Gasteiger partial charge on any atom is -0.330 e. The Balaban J connectivity index is 2.46. The maximum atomic E-state index is 12.3. The molecule has 112 valence electrons. The molecule has 1 aromatic heterocycles. The lowest BCUT2D eigenvalue weighted by Crippen LogP contribution is -2.15. The van der Waals surface area contributed by atoms with Crippen LogP contribution in [0.5, 0.6) is 0 Å². The summed E-state index contributed by atoms with van der Waals surface area (Å²) in [6.07, 6.45) is -1.63. The average molecular weight is 289 g/mol. The van der Waals surface area contributed by atoms with Crippen LogP contribution in [0.25, 0.3) is 0 Å². The summed E-state index contributed by atoms with van der Waals surface area (Å²) in [5.74, 6) is 0.104. The molecule has 1 heterocycles. The highest BCUT2D eigenvalue weighted by Gasteiger charge is 2.32. The molecule has 1 aromatic rings. The van der Waals surface area contributed by atoms with Gasteiger partial charge in [0.2, 0.25) is 5.91 Å². The molecule has 0 saturated heterocycles. The summed E-state index contributed by atoms with van der Waals surface area (Å²) < 4.78 is 36.9. The number of alkyl halides is 3. The third-order valence-corrected chi connectivity index (χ3v) is 2.86. The van der Waals surface area contributed by atoms with Crippen LogP contribution in [0.15, 0.2) is 18.3 Å². The highest BCUT2D eigenvalue weighted by atomic mass is 19.4. The van der Waals surface area contributed by atoms with Crippen LogP contribution in [0, 0.1) is 5.92 Å². The maximum absolute atomic E-state index is 12.3. The van der Waals surface area contributed by atoms with E-state index in [1.165, 1.54) is 6.07 Å². The van der Waals surface area contributed by atoms with E-state index in [0.29, 0.717) is 25.3 Å². The fourth-order valence-electron chi connectivity index (χ4n) is 1.67. The second-order valence-corrected chi connectivity index (χ2v) is 4.70. The van der Waals surface area contributed by atoms with E-state index in [-0.39, 0.29) is 11.6 Å². The van der Waals surface area contributed by atoms with Crippen molar-refractivity contribution in [2.75, 3.05) is 11.9 Å². The molecule has 0 aliphatic heterocycles. The zero-order chi connectivity index (χ0) is 15.2. The number of halogens is 3. The van der Waals surface area contributed by atoms with Gasteiger partial charge in [-0.1, -0.05) is 6.92 Å². The van der Waals surface area contributed by atoms with E-state index in [4.69, 9.17) is 5.73 Å². The molecule has 0 spiro atoms. The van der Waals surface area contributed by atoms with E-state index < -0.39 is 11.9 Å². The van der Waals surface area contributed by atoms with Crippen LogP contribution < -0.4 is 11.1 Å². The summed E-state index contributed by atoms with van der Waals surface area (Å²) in [7, 11) is 0. The molecule has 0 fully saturated rings. The van der Waals surface area contributed by atoms with Gasteiger partial charge in [0.25, 0.3) is 0 Å². The number of anilines is 1. The molecule has 1 amide bonds. The number of carbonyl (C=O) groups excluding carboxylic acids is 1. The molecule has 0 saturated carbocycles. The largest absolute Gasteiger partial charge is 0.433 e. The van der Waals surface area contributed by atoms with Crippen molar-refractivity contribution in [2.45, 2.75) is 32.4 Å². The van der Waals surface area contributed by atoms with Gasteiger partial charge in [0.15, 0.2) is 0 Å². The molecule has 1 rings (SSSR count). The third kappa shape index (κ3) is 5.56. The van der Waals surface area contributed by atoms with Gasteiger partial charge in [-0.2, -0.15) is 13.2 Å². The van der Waals surface area contributed by atoms with Gasteiger partial charge in [-0.15, -0.1) is 0 Å². The van der Waals surface area contributed by atoms with Crippen LogP contribution in [-0.4, -0.2) is 17.4 Å². The minimum absolute atomic E-state index is 0.240. The predicted molar refractivity (Wildman–Crippen MR) is 69.9 cm³/mol. The lowest BCUT2D eigenvalue weighted by molar-refractivity contribution is -0.141. The van der Waals surface area contributed by atoms with E-state index in [2.05, 4.69) is 10.3 Å². The highest BCUT2D eigenvalue weighted by Crippen LogP contribution is 2.27. The summed E-state index contributed by atoms with van der Waals surface area (Å²) in [4.78, 5) is 14.9. The number of aromatic nitrogens is 1. The van der Waals surface area contributed by atoms with Crippen molar-refractivity contribution < 1.29 is 18.0 Å². The molecule has 20 heavy (non-hydrogen) atoms. The fourth-order valence-corrected chi connectivity index (χ4v) is 1.67. The molecule has 7 heteroatoms. The van der Waals surface area contributed by atoms with Crippen LogP contribution >= 0.6 is 0 Å². The summed E-state index contributed by atoms with van der Waals surface area (Å²) in [6.45, 7) is 2.57. The molecular weight excluding hydrogens is 271 g/mol. The first-order valence-electron chi connectivity index (χ1n) is 6.36. The molecule has 4 nitrogen and oxygen atoms in total. The Morgan fingerprint density at radius 1 is 1.40 bits per heavy atom. The van der Waals surface area contributed by atoms with Crippen molar-refractivity contribution in [2.24, 2.45) is 11.7 Å². The second kappa shape index (κ2) is 7.23. The topological polar surface area (TPSA) is 68.0 Å². The van der Waals surface area contributed by atoms with E-state index in [1.54, 1.807) is 0 Å². The molecular formula is C13H18F3N3O. The van der Waals surface area contributed by atoms with Crippen LogP contribution in [0.4, 0.5) is 18.9 Å². The van der Waals surface area contributed by atoms with Gasteiger partial charge < -0.3 is 11.1 Å². The summed E-state index contributed by atoms with van der Waals surface area (Å²) in [5, 5.41) is 2.52. The Morgan fingerprint density at radius 3 is 2.60 bits per heavy atom. The van der Waals surface area contributed by atoms with Crippen molar-refractivity contribution in [1.82, 2.24) is 4.98 Å². The molecule has 3 N–H and O–H groups in total. The number of pyridine rings is 1. The molecule has 0 aliphatic rings. The molecule has 1 unspecified atom stereocenters. The van der Waals surface area contributed by atoms with Crippen LogP contribution in [0.3, 0.4) is 0 Å². The number of nitrogens with two attached hydrogens (primary N) is 1. The van der Waals surface area contributed by atoms with Crippen molar-refractivity contribution >= 4 is 11.6 Å². The second-order valence-electron chi connectivity index (χ2n) is 4.70. The number of rotatable bonds is 6. The van der Waals surface area contributed by atoms with Gasteiger partial charge in [0.1, 0.15) is 5.69 Å². The smallest absolute Gasteiger partial charge is 0.330 e. The van der Waals surface area contributed by atoms with E-state index in [9.17, 15) is 18.0 Å². The maximum Gasteiger partial charge on any atom is 0.433 e. The zero-order valence-corrected chi connectivity index (χ0v) is 11.2. The Kier molecular flexibility index (Phi) is 5.94. The number of carbonyl (C=O) groups is 1. The molecule has 0 aliphatic carbocycles. The van der Waals surface area contributed by atoms with Crippen molar-refractivity contribution in [3.63, 3.8) is 0 Å². The Morgan fingerprint density at radius 2 is 2.10 bits per heavy atom. The highest BCUT2D eigenvalue weighted by molar-refractivity contribution is 5.90. The first kappa shape index (κ1) is 16.4. The normalized spacial score (nSPS) is 13.1. The van der Waals surface area contributed by atoms with Crippen molar-refractivity contribution in [3.8, 4) is 0 Å². The number of amides is 1. The molecule has 1 atom stereocenters.